The predicted octanol–water partition coefficient (Wildman–Crippen LogP) is 1.03. The summed E-state index contributed by atoms with van der Waals surface area (Å²) in [6, 6.07) is 10.2. The van der Waals surface area contributed by atoms with Gasteiger partial charge in [0, 0.05) is 20.8 Å². The van der Waals surface area contributed by atoms with Gasteiger partial charge in [0.25, 0.3) is 0 Å². The first-order chi connectivity index (χ1) is 9.71. The second-order valence-electron chi connectivity index (χ2n) is 4.53. The Morgan fingerprint density at radius 2 is 1.90 bits per heavy atom. The Kier molecular flexibility index (Phi) is 7.87. The van der Waals surface area contributed by atoms with Gasteiger partial charge in [-0.05, 0) is 18.4 Å². The number of benzene rings is 1. The Balaban J connectivity index is 2.46. The van der Waals surface area contributed by atoms with Crippen molar-refractivity contribution in [1.29, 1.82) is 0 Å². The molecule has 0 fully saturated rings. The van der Waals surface area contributed by atoms with E-state index in [1.807, 2.05) is 18.2 Å². The second-order valence-corrected chi connectivity index (χ2v) is 4.53. The van der Waals surface area contributed by atoms with Crippen LogP contribution in [0.2, 0.25) is 0 Å². The van der Waals surface area contributed by atoms with E-state index in [1.54, 1.807) is 19.1 Å². The molecular formula is C15H24N2O3. The number of nitrogens with zero attached hydrogens (tertiary/aromatic N) is 1. The normalized spacial score (nSPS) is 10.8. The van der Waals surface area contributed by atoms with E-state index in [0.29, 0.717) is 13.1 Å². The van der Waals surface area contributed by atoms with E-state index < -0.39 is 6.29 Å². The van der Waals surface area contributed by atoms with Crippen molar-refractivity contribution in [3.05, 3.63) is 35.9 Å². The third kappa shape index (κ3) is 5.69. The number of hydrogen-bond acceptors (Lipinski definition) is 4. The number of hydrogen-bond donors (Lipinski definition) is 1. The molecule has 0 saturated heterocycles. The van der Waals surface area contributed by atoms with Crippen LogP contribution in [0.15, 0.2) is 30.3 Å². The van der Waals surface area contributed by atoms with Crippen LogP contribution >= 0.6 is 0 Å². The topological polar surface area (TPSA) is 64.8 Å². The zero-order valence-electron chi connectivity index (χ0n) is 12.2. The molecule has 0 saturated carbocycles. The minimum atomic E-state index is -0.415. The summed E-state index contributed by atoms with van der Waals surface area (Å²) in [6.07, 6.45) is 1.40. The van der Waals surface area contributed by atoms with Crippen LogP contribution in [-0.2, 0) is 20.7 Å². The lowest BCUT2D eigenvalue weighted by atomic mass is 10.1. The monoisotopic (exact) mass is 280 g/mol. The van der Waals surface area contributed by atoms with E-state index >= 15 is 0 Å². The molecule has 5 heteroatoms. The standard InChI is InChI=1S/C15H24N2O3/c1-19-15(20-2)12-17(14(18)11-16)10-6-9-13-7-4-3-5-8-13/h3-5,7-8,15H,6,9-12,16H2,1-2H3. The molecule has 0 spiro atoms. The second kappa shape index (κ2) is 9.47. The van der Waals surface area contributed by atoms with Crippen LogP contribution in [0.5, 0.6) is 0 Å². The molecular weight excluding hydrogens is 256 g/mol. The zero-order valence-corrected chi connectivity index (χ0v) is 12.2. The zero-order chi connectivity index (χ0) is 14.8. The lowest BCUT2D eigenvalue weighted by Gasteiger charge is -2.26. The van der Waals surface area contributed by atoms with Gasteiger partial charge in [-0.25, -0.2) is 0 Å². The Labute approximate surface area is 120 Å². The fourth-order valence-corrected chi connectivity index (χ4v) is 1.99. The third-order valence-corrected chi connectivity index (χ3v) is 3.16. The van der Waals surface area contributed by atoms with E-state index in [1.165, 1.54) is 5.56 Å². The van der Waals surface area contributed by atoms with Gasteiger partial charge >= 0.3 is 0 Å². The summed E-state index contributed by atoms with van der Waals surface area (Å²) in [5.41, 5.74) is 6.71. The largest absolute Gasteiger partial charge is 0.354 e. The summed E-state index contributed by atoms with van der Waals surface area (Å²) in [5, 5.41) is 0. The lowest BCUT2D eigenvalue weighted by molar-refractivity contribution is -0.144. The maximum absolute atomic E-state index is 11.8. The van der Waals surface area contributed by atoms with Crippen LogP contribution < -0.4 is 5.73 Å². The summed E-state index contributed by atoms with van der Waals surface area (Å²) in [6.45, 7) is 1.05. The molecule has 1 aromatic rings. The molecule has 0 unspecified atom stereocenters. The van der Waals surface area contributed by atoms with E-state index in [2.05, 4.69) is 12.1 Å². The molecule has 1 rings (SSSR count). The van der Waals surface area contributed by atoms with Crippen molar-refractivity contribution >= 4 is 5.91 Å². The number of carbonyl (C=O) groups is 1. The van der Waals surface area contributed by atoms with Gasteiger partial charge in [-0.3, -0.25) is 4.79 Å². The van der Waals surface area contributed by atoms with E-state index in [4.69, 9.17) is 15.2 Å². The molecule has 0 aliphatic heterocycles. The van der Waals surface area contributed by atoms with Crippen LogP contribution in [-0.4, -0.2) is 51.0 Å². The number of methoxy groups -OCH3 is 2. The van der Waals surface area contributed by atoms with Gasteiger partial charge in [0.05, 0.1) is 13.1 Å². The summed E-state index contributed by atoms with van der Waals surface area (Å²) in [5.74, 6) is -0.0860. The number of rotatable bonds is 9. The SMILES string of the molecule is COC(CN(CCCc1ccccc1)C(=O)CN)OC. The molecule has 0 aliphatic carbocycles. The fraction of sp³-hybridized carbons (Fsp3) is 0.533. The summed E-state index contributed by atoms with van der Waals surface area (Å²) >= 11 is 0. The van der Waals surface area contributed by atoms with E-state index in [0.717, 1.165) is 12.8 Å². The van der Waals surface area contributed by atoms with Crippen molar-refractivity contribution in [2.45, 2.75) is 19.1 Å². The van der Waals surface area contributed by atoms with Gasteiger partial charge < -0.3 is 20.1 Å². The van der Waals surface area contributed by atoms with Crippen LogP contribution in [0.25, 0.3) is 0 Å². The molecule has 112 valence electrons. The highest BCUT2D eigenvalue weighted by molar-refractivity contribution is 5.78. The molecule has 0 aromatic heterocycles. The highest BCUT2D eigenvalue weighted by Crippen LogP contribution is 2.05. The number of carbonyl (C=O) groups excluding carboxylic acids is 1. The van der Waals surface area contributed by atoms with Crippen molar-refractivity contribution in [1.82, 2.24) is 4.90 Å². The van der Waals surface area contributed by atoms with Crippen molar-refractivity contribution in [3.8, 4) is 0 Å². The maximum Gasteiger partial charge on any atom is 0.236 e. The van der Waals surface area contributed by atoms with Gasteiger partial charge in [0.1, 0.15) is 0 Å². The van der Waals surface area contributed by atoms with Gasteiger partial charge in [-0.15, -0.1) is 0 Å². The molecule has 2 N–H and O–H groups in total. The summed E-state index contributed by atoms with van der Waals surface area (Å²) < 4.78 is 10.3. The fourth-order valence-electron chi connectivity index (χ4n) is 1.99. The summed E-state index contributed by atoms with van der Waals surface area (Å²) in [4.78, 5) is 13.5. The average Bonchev–Trinajstić information content (AvgIpc) is 2.51. The Bertz CT molecular complexity index is 380. The molecule has 20 heavy (non-hydrogen) atoms. The molecule has 0 bridgehead atoms. The van der Waals surface area contributed by atoms with Gasteiger partial charge in [0.15, 0.2) is 6.29 Å². The number of aryl methyl sites for hydroxylation is 1. The van der Waals surface area contributed by atoms with Gasteiger partial charge in [-0.2, -0.15) is 0 Å². The van der Waals surface area contributed by atoms with Crippen molar-refractivity contribution < 1.29 is 14.3 Å². The van der Waals surface area contributed by atoms with Crippen LogP contribution in [0.4, 0.5) is 0 Å². The van der Waals surface area contributed by atoms with Crippen molar-refractivity contribution in [3.63, 3.8) is 0 Å². The molecule has 1 aromatic carbocycles. The first kappa shape index (κ1) is 16.6. The summed E-state index contributed by atoms with van der Waals surface area (Å²) in [7, 11) is 3.12. The first-order valence-corrected chi connectivity index (χ1v) is 6.78. The number of ether oxygens (including phenoxy) is 2. The molecule has 0 aliphatic rings. The van der Waals surface area contributed by atoms with Crippen LogP contribution in [0.1, 0.15) is 12.0 Å². The maximum atomic E-state index is 11.8. The van der Waals surface area contributed by atoms with Crippen molar-refractivity contribution in [2.75, 3.05) is 33.9 Å². The Morgan fingerprint density at radius 3 is 2.45 bits per heavy atom. The molecule has 0 atom stereocenters. The van der Waals surface area contributed by atoms with Crippen molar-refractivity contribution in [2.24, 2.45) is 5.73 Å². The number of nitrogens with two attached hydrogens (primary N) is 1. The lowest BCUT2D eigenvalue weighted by Crippen LogP contribution is -2.42. The molecule has 0 heterocycles. The average molecular weight is 280 g/mol. The Morgan fingerprint density at radius 1 is 1.25 bits per heavy atom. The first-order valence-electron chi connectivity index (χ1n) is 6.78. The highest BCUT2D eigenvalue weighted by atomic mass is 16.7. The molecule has 0 radical (unpaired) electrons. The van der Waals surface area contributed by atoms with Crippen LogP contribution in [0, 0.1) is 0 Å². The van der Waals surface area contributed by atoms with Crippen LogP contribution in [0.3, 0.4) is 0 Å². The quantitative estimate of drug-likeness (QED) is 0.686. The minimum absolute atomic E-state index is 0.00544. The molecule has 1 amide bonds. The van der Waals surface area contributed by atoms with Gasteiger partial charge in [0.2, 0.25) is 5.91 Å². The smallest absolute Gasteiger partial charge is 0.236 e. The predicted molar refractivity (Wildman–Crippen MR) is 78.2 cm³/mol. The number of amides is 1. The van der Waals surface area contributed by atoms with Gasteiger partial charge in [-0.1, -0.05) is 30.3 Å². The highest BCUT2D eigenvalue weighted by Gasteiger charge is 2.17. The third-order valence-electron chi connectivity index (χ3n) is 3.16. The van der Waals surface area contributed by atoms with E-state index in [-0.39, 0.29) is 12.5 Å². The minimum Gasteiger partial charge on any atom is -0.354 e. The van der Waals surface area contributed by atoms with E-state index in [9.17, 15) is 4.79 Å². The molecule has 5 nitrogen and oxygen atoms in total. The Hall–Kier alpha value is -1.43.